The van der Waals surface area contributed by atoms with Crippen LogP contribution in [0.25, 0.3) is 110 Å². The summed E-state index contributed by atoms with van der Waals surface area (Å²) < 4.78 is 12.8. The fourth-order valence-electron chi connectivity index (χ4n) is 8.35. The van der Waals surface area contributed by atoms with Gasteiger partial charge >= 0.3 is 0 Å². The first kappa shape index (κ1) is 27.3. The molecule has 2 heteroatoms. The molecule has 11 rings (SSSR count). The zero-order valence-electron chi connectivity index (χ0n) is 27.0. The predicted molar refractivity (Wildman–Crippen MR) is 210 cm³/mol. The Morgan fingerprint density at radius 1 is 0.260 bits per heavy atom. The molecule has 0 saturated carbocycles. The molecule has 2 heterocycles. The van der Waals surface area contributed by atoms with E-state index in [1.54, 1.807) is 0 Å². The van der Waals surface area contributed by atoms with Crippen molar-refractivity contribution in [1.29, 1.82) is 0 Å². The summed E-state index contributed by atoms with van der Waals surface area (Å²) in [6.07, 6.45) is 0. The average molecular weight is 637 g/mol. The van der Waals surface area contributed by atoms with Gasteiger partial charge in [-0.05, 0) is 96.0 Å². The van der Waals surface area contributed by atoms with Crippen molar-refractivity contribution in [2.75, 3.05) is 0 Å². The third-order valence-corrected chi connectivity index (χ3v) is 10.5. The highest BCUT2D eigenvalue weighted by atomic mass is 16.3. The second kappa shape index (κ2) is 10.4. The van der Waals surface area contributed by atoms with Crippen LogP contribution in [0.15, 0.2) is 179 Å². The second-order valence-electron chi connectivity index (χ2n) is 13.1. The number of hydrogen-bond donors (Lipinski definition) is 0. The molecule has 232 valence electrons. The van der Waals surface area contributed by atoms with Gasteiger partial charge in [0.2, 0.25) is 0 Å². The standard InChI is InChI=1S/C48H28O2/c1-2-12-29(13-3-1)31-24-25-38(33-15-5-4-14-32(31)33)46-36-18-8-6-16-34(36)45(35-17-7-9-19-37(35)46)30-22-23-40-44(28-30)50-43-27-26-42-47(48(40)43)39-20-10-11-21-41(39)49-42/h1-28H. The maximum atomic E-state index is 6.61. The summed E-state index contributed by atoms with van der Waals surface area (Å²) in [5.41, 5.74) is 10.8. The number of hydrogen-bond acceptors (Lipinski definition) is 2. The topological polar surface area (TPSA) is 26.3 Å². The van der Waals surface area contributed by atoms with Crippen LogP contribution in [0, 0.1) is 0 Å². The lowest BCUT2D eigenvalue weighted by Gasteiger charge is -2.19. The lowest BCUT2D eigenvalue weighted by Crippen LogP contribution is -1.92. The van der Waals surface area contributed by atoms with Crippen molar-refractivity contribution in [3.8, 4) is 33.4 Å². The Kier molecular flexibility index (Phi) is 5.70. The first-order chi connectivity index (χ1) is 24.8. The molecule has 0 bridgehead atoms. The van der Waals surface area contributed by atoms with Gasteiger partial charge in [-0.25, -0.2) is 0 Å². The second-order valence-corrected chi connectivity index (χ2v) is 13.1. The van der Waals surface area contributed by atoms with E-state index in [9.17, 15) is 0 Å². The van der Waals surface area contributed by atoms with Crippen molar-refractivity contribution >= 4 is 76.2 Å². The normalized spacial score (nSPS) is 12.0. The molecule has 0 aliphatic heterocycles. The Hall–Kier alpha value is -6.64. The monoisotopic (exact) mass is 636 g/mol. The van der Waals surface area contributed by atoms with E-state index in [4.69, 9.17) is 8.83 Å². The highest BCUT2D eigenvalue weighted by Crippen LogP contribution is 2.47. The summed E-state index contributed by atoms with van der Waals surface area (Å²) in [5.74, 6) is 0. The molecule has 2 nitrogen and oxygen atoms in total. The first-order valence-electron chi connectivity index (χ1n) is 17.1. The number of furan rings is 2. The molecule has 0 spiro atoms. The summed E-state index contributed by atoms with van der Waals surface area (Å²) in [4.78, 5) is 0. The van der Waals surface area contributed by atoms with Crippen LogP contribution in [0.1, 0.15) is 0 Å². The van der Waals surface area contributed by atoms with Crippen LogP contribution in [0.4, 0.5) is 0 Å². The largest absolute Gasteiger partial charge is 0.456 e. The Morgan fingerprint density at radius 3 is 1.40 bits per heavy atom. The summed E-state index contributed by atoms with van der Waals surface area (Å²) in [6.45, 7) is 0. The van der Waals surface area contributed by atoms with Crippen molar-refractivity contribution in [2.24, 2.45) is 0 Å². The SMILES string of the molecule is c1ccc(-c2ccc(-c3c4ccccc4c(-c4ccc5c(c4)oc4ccc6oc7ccccc7c6c45)c4ccccc34)c3ccccc23)cc1. The third-order valence-electron chi connectivity index (χ3n) is 10.5. The number of para-hydroxylation sites is 1. The molecule has 2 aromatic heterocycles. The molecule has 0 amide bonds. The summed E-state index contributed by atoms with van der Waals surface area (Å²) >= 11 is 0. The predicted octanol–water partition coefficient (Wildman–Crippen LogP) is 13.9. The van der Waals surface area contributed by atoms with E-state index in [1.807, 2.05) is 24.3 Å². The summed E-state index contributed by atoms with van der Waals surface area (Å²) in [5, 5.41) is 11.8. The van der Waals surface area contributed by atoms with Crippen molar-refractivity contribution in [1.82, 2.24) is 0 Å². The van der Waals surface area contributed by atoms with Gasteiger partial charge < -0.3 is 8.83 Å². The molecule has 0 N–H and O–H groups in total. The number of rotatable bonds is 3. The molecule has 11 aromatic rings. The van der Waals surface area contributed by atoms with E-state index in [-0.39, 0.29) is 0 Å². The van der Waals surface area contributed by atoms with Crippen molar-refractivity contribution < 1.29 is 8.83 Å². The quantitative estimate of drug-likeness (QED) is 0.180. The molecular weight excluding hydrogens is 609 g/mol. The maximum Gasteiger partial charge on any atom is 0.136 e. The zero-order valence-corrected chi connectivity index (χ0v) is 27.0. The van der Waals surface area contributed by atoms with Gasteiger partial charge in [0, 0.05) is 21.5 Å². The Bertz CT molecular complexity index is 3080. The molecule has 0 fully saturated rings. The van der Waals surface area contributed by atoms with Crippen molar-refractivity contribution in [3.63, 3.8) is 0 Å². The highest BCUT2D eigenvalue weighted by molar-refractivity contribution is 6.27. The highest BCUT2D eigenvalue weighted by Gasteiger charge is 2.21. The Balaban J connectivity index is 1.19. The van der Waals surface area contributed by atoms with Crippen LogP contribution in [0.5, 0.6) is 0 Å². The van der Waals surface area contributed by atoms with Crippen LogP contribution in [0.2, 0.25) is 0 Å². The van der Waals surface area contributed by atoms with Gasteiger partial charge in [-0.1, -0.05) is 140 Å². The maximum absolute atomic E-state index is 6.61. The lowest BCUT2D eigenvalue weighted by atomic mass is 9.83. The van der Waals surface area contributed by atoms with Crippen LogP contribution < -0.4 is 0 Å². The molecule has 0 saturated heterocycles. The van der Waals surface area contributed by atoms with E-state index in [1.165, 1.54) is 60.1 Å². The van der Waals surface area contributed by atoms with Gasteiger partial charge in [-0.15, -0.1) is 0 Å². The molecule has 50 heavy (non-hydrogen) atoms. The Labute approximate surface area is 287 Å². The Morgan fingerprint density at radius 2 is 0.740 bits per heavy atom. The molecule has 0 aliphatic carbocycles. The summed E-state index contributed by atoms with van der Waals surface area (Å²) in [7, 11) is 0. The van der Waals surface area contributed by atoms with Crippen molar-refractivity contribution in [3.05, 3.63) is 170 Å². The van der Waals surface area contributed by atoms with E-state index in [0.717, 1.165) is 49.4 Å². The van der Waals surface area contributed by atoms with Crippen LogP contribution in [-0.2, 0) is 0 Å². The minimum atomic E-state index is 0.868. The van der Waals surface area contributed by atoms with Crippen molar-refractivity contribution in [2.45, 2.75) is 0 Å². The van der Waals surface area contributed by atoms with E-state index in [2.05, 4.69) is 146 Å². The van der Waals surface area contributed by atoms with Gasteiger partial charge in [0.15, 0.2) is 0 Å². The fourth-order valence-corrected chi connectivity index (χ4v) is 8.35. The lowest BCUT2D eigenvalue weighted by molar-refractivity contribution is 0.663. The third kappa shape index (κ3) is 3.85. The molecule has 9 aromatic carbocycles. The minimum Gasteiger partial charge on any atom is -0.456 e. The van der Waals surface area contributed by atoms with Gasteiger partial charge in [0.05, 0.1) is 0 Å². The number of benzene rings is 9. The average Bonchev–Trinajstić information content (AvgIpc) is 3.74. The molecule has 0 radical (unpaired) electrons. The van der Waals surface area contributed by atoms with Crippen LogP contribution in [-0.4, -0.2) is 0 Å². The van der Waals surface area contributed by atoms with E-state index in [0.29, 0.717) is 0 Å². The molecule has 0 unspecified atom stereocenters. The molecule has 0 atom stereocenters. The van der Waals surface area contributed by atoms with E-state index < -0.39 is 0 Å². The van der Waals surface area contributed by atoms with Gasteiger partial charge in [0.1, 0.15) is 22.3 Å². The zero-order chi connectivity index (χ0) is 32.8. The van der Waals surface area contributed by atoms with Crippen LogP contribution in [0.3, 0.4) is 0 Å². The number of fused-ring (bicyclic) bond motifs is 10. The van der Waals surface area contributed by atoms with E-state index >= 15 is 0 Å². The van der Waals surface area contributed by atoms with Crippen LogP contribution >= 0.6 is 0 Å². The van der Waals surface area contributed by atoms with Gasteiger partial charge in [-0.2, -0.15) is 0 Å². The van der Waals surface area contributed by atoms with Gasteiger partial charge in [-0.3, -0.25) is 0 Å². The first-order valence-corrected chi connectivity index (χ1v) is 17.1. The summed E-state index contributed by atoms with van der Waals surface area (Å²) in [6, 6.07) is 60.9. The van der Waals surface area contributed by atoms with Gasteiger partial charge in [0.25, 0.3) is 0 Å². The molecule has 0 aliphatic rings. The minimum absolute atomic E-state index is 0.868. The fraction of sp³-hybridized carbons (Fsp3) is 0. The smallest absolute Gasteiger partial charge is 0.136 e. The molecular formula is C48H28O2.